The maximum atomic E-state index is 13.5. The zero-order chi connectivity index (χ0) is 15.3. The molecular formula is C12H13F4NO3. The Morgan fingerprint density at radius 3 is 2.15 bits per heavy atom. The van der Waals surface area contributed by atoms with E-state index >= 15 is 0 Å². The zero-order valence-corrected chi connectivity index (χ0v) is 10.3. The van der Waals surface area contributed by atoms with Crippen molar-refractivity contribution in [1.29, 1.82) is 0 Å². The van der Waals surface area contributed by atoms with E-state index in [-0.39, 0.29) is 13.1 Å². The molecule has 20 heavy (non-hydrogen) atoms. The molecule has 4 nitrogen and oxygen atoms in total. The van der Waals surface area contributed by atoms with E-state index in [4.69, 9.17) is 10.2 Å². The second-order valence-electron chi connectivity index (χ2n) is 3.93. The number of hydrogen-bond donors (Lipinski definition) is 2. The Morgan fingerprint density at radius 1 is 1.15 bits per heavy atom. The summed E-state index contributed by atoms with van der Waals surface area (Å²) in [6.45, 7) is -1.33. The van der Waals surface area contributed by atoms with Crippen LogP contribution >= 0.6 is 0 Å². The van der Waals surface area contributed by atoms with E-state index in [0.717, 1.165) is 4.90 Å². The van der Waals surface area contributed by atoms with Crippen molar-refractivity contribution in [1.82, 2.24) is 4.90 Å². The number of nitrogens with zero attached hydrogens (tertiary/aromatic N) is 1. The minimum absolute atomic E-state index is 0.213. The van der Waals surface area contributed by atoms with Gasteiger partial charge in [-0.25, -0.2) is 4.39 Å². The Morgan fingerprint density at radius 2 is 1.70 bits per heavy atom. The van der Waals surface area contributed by atoms with Gasteiger partial charge in [-0.3, -0.25) is 4.79 Å². The largest absolute Gasteiger partial charge is 0.416 e. The SMILES string of the molecule is O=C(c1cc(C(F)(F)F)ccc1F)N(CCO)CCO. The van der Waals surface area contributed by atoms with Crippen LogP contribution in [-0.2, 0) is 6.18 Å². The predicted octanol–water partition coefficient (Wildman–Crippen LogP) is 1.27. The van der Waals surface area contributed by atoms with Gasteiger partial charge in [-0.15, -0.1) is 0 Å². The van der Waals surface area contributed by atoms with Crippen molar-refractivity contribution in [3.8, 4) is 0 Å². The van der Waals surface area contributed by atoms with Crippen molar-refractivity contribution in [2.24, 2.45) is 0 Å². The topological polar surface area (TPSA) is 60.8 Å². The Kier molecular flexibility index (Phi) is 5.46. The van der Waals surface area contributed by atoms with Gasteiger partial charge in [0.05, 0.1) is 24.3 Å². The molecule has 1 amide bonds. The van der Waals surface area contributed by atoms with Crippen LogP contribution in [0, 0.1) is 5.82 Å². The lowest BCUT2D eigenvalue weighted by atomic mass is 10.1. The maximum absolute atomic E-state index is 13.5. The fourth-order valence-corrected chi connectivity index (χ4v) is 1.59. The molecule has 0 saturated carbocycles. The summed E-state index contributed by atoms with van der Waals surface area (Å²) in [6.07, 6.45) is -4.69. The Hall–Kier alpha value is -1.67. The minimum atomic E-state index is -4.69. The summed E-state index contributed by atoms with van der Waals surface area (Å²) in [6, 6.07) is 1.51. The van der Waals surface area contributed by atoms with Gasteiger partial charge in [-0.1, -0.05) is 0 Å². The number of hydrogen-bond acceptors (Lipinski definition) is 3. The van der Waals surface area contributed by atoms with Crippen LogP contribution in [0.3, 0.4) is 0 Å². The van der Waals surface area contributed by atoms with Crippen molar-refractivity contribution in [2.75, 3.05) is 26.3 Å². The quantitative estimate of drug-likeness (QED) is 0.804. The summed E-state index contributed by atoms with van der Waals surface area (Å²) in [5.41, 5.74) is -1.89. The van der Waals surface area contributed by atoms with Crippen LogP contribution in [0.1, 0.15) is 15.9 Å². The van der Waals surface area contributed by atoms with E-state index in [0.29, 0.717) is 18.2 Å². The van der Waals surface area contributed by atoms with Crippen LogP contribution in [-0.4, -0.2) is 47.3 Å². The highest BCUT2D eigenvalue weighted by atomic mass is 19.4. The summed E-state index contributed by atoms with van der Waals surface area (Å²) in [7, 11) is 0. The Labute approximate surface area is 112 Å². The average molecular weight is 295 g/mol. The first kappa shape index (κ1) is 16.4. The number of carbonyl (C=O) groups excluding carboxylic acids is 1. The van der Waals surface area contributed by atoms with Gasteiger partial charge in [0.1, 0.15) is 5.82 Å². The molecule has 0 atom stereocenters. The van der Waals surface area contributed by atoms with Crippen LogP contribution in [0.4, 0.5) is 17.6 Å². The lowest BCUT2D eigenvalue weighted by Gasteiger charge is -2.21. The molecule has 0 aliphatic heterocycles. The Balaban J connectivity index is 3.13. The maximum Gasteiger partial charge on any atom is 0.416 e. The van der Waals surface area contributed by atoms with Crippen molar-refractivity contribution in [3.05, 3.63) is 35.1 Å². The number of aliphatic hydroxyl groups is 2. The summed E-state index contributed by atoms with van der Waals surface area (Å²) < 4.78 is 51.1. The highest BCUT2D eigenvalue weighted by Gasteiger charge is 2.32. The fourth-order valence-electron chi connectivity index (χ4n) is 1.59. The van der Waals surface area contributed by atoms with Gasteiger partial charge in [0.2, 0.25) is 0 Å². The molecule has 8 heteroatoms. The summed E-state index contributed by atoms with van der Waals surface area (Å²) in [5.74, 6) is -2.11. The molecule has 0 fully saturated rings. The van der Waals surface area contributed by atoms with Gasteiger partial charge in [0, 0.05) is 13.1 Å². The van der Waals surface area contributed by atoms with Crippen molar-refractivity contribution in [3.63, 3.8) is 0 Å². The van der Waals surface area contributed by atoms with Gasteiger partial charge < -0.3 is 15.1 Å². The summed E-state index contributed by atoms with van der Waals surface area (Å²) >= 11 is 0. The zero-order valence-electron chi connectivity index (χ0n) is 10.3. The summed E-state index contributed by atoms with van der Waals surface area (Å²) in [5, 5.41) is 17.5. The number of halogens is 4. The lowest BCUT2D eigenvalue weighted by molar-refractivity contribution is -0.137. The monoisotopic (exact) mass is 295 g/mol. The van der Waals surface area contributed by atoms with Gasteiger partial charge in [-0.2, -0.15) is 13.2 Å². The molecule has 0 saturated heterocycles. The number of amides is 1. The molecule has 0 aromatic heterocycles. The number of carbonyl (C=O) groups is 1. The average Bonchev–Trinajstić information content (AvgIpc) is 2.37. The van der Waals surface area contributed by atoms with E-state index < -0.39 is 42.2 Å². The molecule has 2 N–H and O–H groups in total. The van der Waals surface area contributed by atoms with Gasteiger partial charge in [0.15, 0.2) is 0 Å². The number of alkyl halides is 3. The van der Waals surface area contributed by atoms with E-state index in [9.17, 15) is 22.4 Å². The minimum Gasteiger partial charge on any atom is -0.395 e. The highest BCUT2D eigenvalue weighted by Crippen LogP contribution is 2.30. The van der Waals surface area contributed by atoms with Crippen LogP contribution in [0.2, 0.25) is 0 Å². The molecule has 1 rings (SSSR count). The molecule has 1 aromatic carbocycles. The van der Waals surface area contributed by atoms with Gasteiger partial charge in [0.25, 0.3) is 5.91 Å². The standard InChI is InChI=1S/C12H13F4NO3/c13-10-2-1-8(12(14,15)16)7-9(10)11(20)17(3-5-18)4-6-19/h1-2,7,18-19H,3-6H2. The third-order valence-electron chi connectivity index (χ3n) is 2.55. The van der Waals surface area contributed by atoms with Crippen molar-refractivity contribution < 1.29 is 32.6 Å². The van der Waals surface area contributed by atoms with Crippen molar-refractivity contribution in [2.45, 2.75) is 6.18 Å². The first-order valence-corrected chi connectivity index (χ1v) is 5.69. The highest BCUT2D eigenvalue weighted by molar-refractivity contribution is 5.94. The van der Waals surface area contributed by atoms with Crippen LogP contribution < -0.4 is 0 Å². The molecule has 1 aromatic rings. The molecular weight excluding hydrogens is 282 g/mol. The summed E-state index contributed by atoms with van der Waals surface area (Å²) in [4.78, 5) is 12.8. The smallest absolute Gasteiger partial charge is 0.395 e. The Bertz CT molecular complexity index is 470. The van der Waals surface area contributed by atoms with Crippen LogP contribution in [0.5, 0.6) is 0 Å². The lowest BCUT2D eigenvalue weighted by Crippen LogP contribution is -2.36. The molecule has 0 aliphatic rings. The normalized spacial score (nSPS) is 11.5. The van der Waals surface area contributed by atoms with E-state index in [1.807, 2.05) is 0 Å². The van der Waals surface area contributed by atoms with Crippen LogP contribution in [0.15, 0.2) is 18.2 Å². The third-order valence-corrected chi connectivity index (χ3v) is 2.55. The number of benzene rings is 1. The second kappa shape index (κ2) is 6.67. The second-order valence-corrected chi connectivity index (χ2v) is 3.93. The molecule has 0 spiro atoms. The first-order chi connectivity index (χ1) is 9.31. The first-order valence-electron chi connectivity index (χ1n) is 5.69. The van der Waals surface area contributed by atoms with E-state index in [1.54, 1.807) is 0 Å². The molecule has 0 bridgehead atoms. The van der Waals surface area contributed by atoms with E-state index in [1.165, 1.54) is 0 Å². The van der Waals surface area contributed by atoms with Gasteiger partial charge >= 0.3 is 6.18 Å². The van der Waals surface area contributed by atoms with E-state index in [2.05, 4.69) is 0 Å². The van der Waals surface area contributed by atoms with Crippen LogP contribution in [0.25, 0.3) is 0 Å². The fraction of sp³-hybridized carbons (Fsp3) is 0.417. The van der Waals surface area contributed by atoms with Crippen molar-refractivity contribution >= 4 is 5.91 Å². The molecule has 112 valence electrons. The third kappa shape index (κ3) is 3.91. The molecule has 0 unspecified atom stereocenters. The van der Waals surface area contributed by atoms with Gasteiger partial charge in [-0.05, 0) is 18.2 Å². The molecule has 0 aliphatic carbocycles. The number of rotatable bonds is 5. The molecule has 0 heterocycles. The predicted molar refractivity (Wildman–Crippen MR) is 61.5 cm³/mol. The number of aliphatic hydroxyl groups excluding tert-OH is 2. The molecule has 0 radical (unpaired) electrons.